The second kappa shape index (κ2) is 5.21. The molecular formula is C15H20N2O2. The van der Waals surface area contributed by atoms with Gasteiger partial charge in [-0.25, -0.2) is 0 Å². The fourth-order valence-corrected chi connectivity index (χ4v) is 2.64. The number of hydrogen-bond donors (Lipinski definition) is 1. The summed E-state index contributed by atoms with van der Waals surface area (Å²) >= 11 is 0. The molecule has 1 N–H and O–H groups in total. The minimum Gasteiger partial charge on any atom is -0.495 e. The van der Waals surface area contributed by atoms with E-state index in [1.54, 1.807) is 7.11 Å². The molecule has 2 aliphatic rings. The number of carbonyl (C=O) groups excluding carboxylic acids is 1. The van der Waals surface area contributed by atoms with E-state index in [2.05, 4.69) is 11.4 Å². The highest BCUT2D eigenvalue weighted by Gasteiger charge is 2.27. The summed E-state index contributed by atoms with van der Waals surface area (Å²) in [6.45, 7) is 1.22. The van der Waals surface area contributed by atoms with Crippen LogP contribution in [0.5, 0.6) is 5.75 Å². The lowest BCUT2D eigenvalue weighted by Gasteiger charge is -2.31. The summed E-state index contributed by atoms with van der Waals surface area (Å²) in [5.41, 5.74) is 2.18. The largest absolute Gasteiger partial charge is 0.495 e. The quantitative estimate of drug-likeness (QED) is 0.896. The number of rotatable bonds is 4. The topological polar surface area (TPSA) is 41.6 Å². The van der Waals surface area contributed by atoms with E-state index in [1.165, 1.54) is 18.4 Å². The molecule has 1 heterocycles. The molecule has 3 rings (SSSR count). The van der Waals surface area contributed by atoms with Crippen LogP contribution in [0, 0.1) is 0 Å². The van der Waals surface area contributed by atoms with Crippen molar-refractivity contribution in [1.29, 1.82) is 0 Å². The zero-order chi connectivity index (χ0) is 13.2. The minimum atomic E-state index is 0.150. The van der Waals surface area contributed by atoms with Gasteiger partial charge in [0.15, 0.2) is 0 Å². The van der Waals surface area contributed by atoms with Crippen molar-refractivity contribution in [1.82, 2.24) is 5.32 Å². The molecule has 1 amide bonds. The molecule has 0 bridgehead atoms. The van der Waals surface area contributed by atoms with Gasteiger partial charge in [0.25, 0.3) is 0 Å². The second-order valence-electron chi connectivity index (χ2n) is 5.27. The average Bonchev–Trinajstić information content (AvgIpc) is 3.27. The van der Waals surface area contributed by atoms with E-state index in [0.29, 0.717) is 12.6 Å². The average molecular weight is 260 g/mol. The number of aryl methyl sites for hydroxylation is 1. The molecule has 0 atom stereocenters. The lowest BCUT2D eigenvalue weighted by atomic mass is 10.0. The summed E-state index contributed by atoms with van der Waals surface area (Å²) in [4.78, 5) is 14.3. The van der Waals surface area contributed by atoms with Gasteiger partial charge < -0.3 is 15.0 Å². The van der Waals surface area contributed by atoms with Gasteiger partial charge in [-0.05, 0) is 37.3 Å². The van der Waals surface area contributed by atoms with Crippen LogP contribution in [0.15, 0.2) is 18.2 Å². The van der Waals surface area contributed by atoms with Crippen LogP contribution in [0.3, 0.4) is 0 Å². The predicted molar refractivity (Wildman–Crippen MR) is 74.7 cm³/mol. The third-order valence-electron chi connectivity index (χ3n) is 3.82. The number of methoxy groups -OCH3 is 1. The van der Waals surface area contributed by atoms with E-state index in [-0.39, 0.29) is 5.91 Å². The zero-order valence-electron chi connectivity index (χ0n) is 11.3. The number of nitrogens with zero attached hydrogens (tertiary/aromatic N) is 1. The first-order chi connectivity index (χ1) is 9.29. The number of amides is 1. The molecule has 1 aliphatic carbocycles. The number of carbonyl (C=O) groups is 1. The molecule has 19 heavy (non-hydrogen) atoms. The Bertz CT molecular complexity index is 469. The Labute approximate surface area is 113 Å². The number of nitrogens with one attached hydrogen (secondary N) is 1. The molecule has 1 aliphatic heterocycles. The zero-order valence-corrected chi connectivity index (χ0v) is 11.3. The van der Waals surface area contributed by atoms with Gasteiger partial charge in [-0.2, -0.15) is 0 Å². The summed E-state index contributed by atoms with van der Waals surface area (Å²) in [7, 11) is 1.66. The maximum Gasteiger partial charge on any atom is 0.241 e. The van der Waals surface area contributed by atoms with Crippen molar-refractivity contribution in [3.05, 3.63) is 23.8 Å². The smallest absolute Gasteiger partial charge is 0.241 e. The summed E-state index contributed by atoms with van der Waals surface area (Å²) < 4.78 is 5.42. The van der Waals surface area contributed by atoms with Crippen molar-refractivity contribution in [2.24, 2.45) is 0 Å². The Morgan fingerprint density at radius 3 is 3.05 bits per heavy atom. The molecule has 0 spiro atoms. The Balaban J connectivity index is 1.81. The van der Waals surface area contributed by atoms with Crippen molar-refractivity contribution in [2.45, 2.75) is 31.7 Å². The van der Waals surface area contributed by atoms with Gasteiger partial charge in [0.05, 0.1) is 19.3 Å². The fourth-order valence-electron chi connectivity index (χ4n) is 2.64. The van der Waals surface area contributed by atoms with Crippen LogP contribution in [-0.2, 0) is 11.2 Å². The number of benzene rings is 1. The first kappa shape index (κ1) is 12.5. The molecule has 0 saturated heterocycles. The van der Waals surface area contributed by atoms with Crippen molar-refractivity contribution in [3.8, 4) is 5.75 Å². The Morgan fingerprint density at radius 2 is 2.32 bits per heavy atom. The summed E-state index contributed by atoms with van der Waals surface area (Å²) in [5, 5.41) is 3.29. The number of para-hydroxylation sites is 1. The third kappa shape index (κ3) is 2.59. The van der Waals surface area contributed by atoms with Gasteiger partial charge in [0, 0.05) is 12.6 Å². The second-order valence-corrected chi connectivity index (χ2v) is 5.27. The molecule has 0 unspecified atom stereocenters. The summed E-state index contributed by atoms with van der Waals surface area (Å²) in [6, 6.07) is 6.57. The Kier molecular flexibility index (Phi) is 3.42. The van der Waals surface area contributed by atoms with E-state index in [4.69, 9.17) is 4.74 Å². The molecule has 1 aromatic carbocycles. The molecular weight excluding hydrogens is 240 g/mol. The monoisotopic (exact) mass is 260 g/mol. The molecule has 0 aromatic heterocycles. The normalized spacial score (nSPS) is 18.1. The highest BCUT2D eigenvalue weighted by Crippen LogP contribution is 2.36. The predicted octanol–water partition coefficient (Wildman–Crippen LogP) is 1.73. The minimum absolute atomic E-state index is 0.150. The lowest BCUT2D eigenvalue weighted by Crippen LogP contribution is -2.41. The molecule has 102 valence electrons. The van der Waals surface area contributed by atoms with E-state index < -0.39 is 0 Å². The van der Waals surface area contributed by atoms with Crippen molar-refractivity contribution < 1.29 is 9.53 Å². The molecule has 1 saturated carbocycles. The summed E-state index contributed by atoms with van der Waals surface area (Å²) in [5.74, 6) is 0.953. The van der Waals surface area contributed by atoms with Crippen molar-refractivity contribution in [3.63, 3.8) is 0 Å². The highest BCUT2D eigenvalue weighted by molar-refractivity contribution is 5.97. The highest BCUT2D eigenvalue weighted by atomic mass is 16.5. The van der Waals surface area contributed by atoms with E-state index in [1.807, 2.05) is 17.0 Å². The SMILES string of the molecule is COc1cccc2c1N(C(=O)CNC1CC1)CCC2. The maximum absolute atomic E-state index is 12.4. The van der Waals surface area contributed by atoms with Crippen LogP contribution in [0.4, 0.5) is 5.69 Å². The number of fused-ring (bicyclic) bond motifs is 1. The molecule has 1 aromatic rings. The Hall–Kier alpha value is -1.55. The lowest BCUT2D eigenvalue weighted by molar-refractivity contribution is -0.117. The van der Waals surface area contributed by atoms with E-state index in [9.17, 15) is 4.79 Å². The van der Waals surface area contributed by atoms with Gasteiger partial charge >= 0.3 is 0 Å². The van der Waals surface area contributed by atoms with Crippen molar-refractivity contribution >= 4 is 11.6 Å². The molecule has 1 fully saturated rings. The van der Waals surface area contributed by atoms with Crippen LogP contribution in [0.25, 0.3) is 0 Å². The van der Waals surface area contributed by atoms with Gasteiger partial charge in [0.2, 0.25) is 5.91 Å². The molecule has 0 radical (unpaired) electrons. The summed E-state index contributed by atoms with van der Waals surface area (Å²) in [6.07, 6.45) is 4.45. The maximum atomic E-state index is 12.4. The first-order valence-corrected chi connectivity index (χ1v) is 6.99. The third-order valence-corrected chi connectivity index (χ3v) is 3.82. The van der Waals surface area contributed by atoms with E-state index in [0.717, 1.165) is 30.8 Å². The molecule has 4 nitrogen and oxygen atoms in total. The van der Waals surface area contributed by atoms with Crippen LogP contribution in [0.2, 0.25) is 0 Å². The van der Waals surface area contributed by atoms with Gasteiger partial charge in [-0.1, -0.05) is 12.1 Å². The van der Waals surface area contributed by atoms with Crippen LogP contribution in [0.1, 0.15) is 24.8 Å². The Morgan fingerprint density at radius 1 is 1.47 bits per heavy atom. The van der Waals surface area contributed by atoms with Gasteiger partial charge in [0.1, 0.15) is 5.75 Å². The standard InChI is InChI=1S/C15H20N2O2/c1-19-13-6-2-4-11-5-3-9-17(15(11)13)14(18)10-16-12-7-8-12/h2,4,6,12,16H,3,5,7-10H2,1H3. The van der Waals surface area contributed by atoms with Crippen LogP contribution in [-0.4, -0.2) is 32.1 Å². The number of hydrogen-bond acceptors (Lipinski definition) is 3. The first-order valence-electron chi connectivity index (χ1n) is 6.99. The number of anilines is 1. The van der Waals surface area contributed by atoms with Crippen LogP contribution < -0.4 is 15.0 Å². The van der Waals surface area contributed by atoms with Gasteiger partial charge in [-0.15, -0.1) is 0 Å². The molecule has 4 heteroatoms. The number of ether oxygens (including phenoxy) is 1. The van der Waals surface area contributed by atoms with E-state index >= 15 is 0 Å². The fraction of sp³-hybridized carbons (Fsp3) is 0.533. The van der Waals surface area contributed by atoms with Crippen molar-refractivity contribution in [2.75, 3.05) is 25.1 Å². The van der Waals surface area contributed by atoms with Gasteiger partial charge in [-0.3, -0.25) is 4.79 Å². The van der Waals surface area contributed by atoms with Crippen LogP contribution >= 0.6 is 0 Å².